The second-order valence-corrected chi connectivity index (χ2v) is 10.9. The molecule has 2 aromatic carbocycles. The fourth-order valence-corrected chi connectivity index (χ4v) is 3.87. The first-order chi connectivity index (χ1) is 17.9. The van der Waals surface area contributed by atoms with Gasteiger partial charge in [-0.2, -0.15) is 0 Å². The zero-order valence-electron chi connectivity index (χ0n) is 22.8. The van der Waals surface area contributed by atoms with Crippen LogP contribution in [0.25, 0.3) is 10.9 Å². The second kappa shape index (κ2) is 13.0. The summed E-state index contributed by atoms with van der Waals surface area (Å²) in [6.45, 7) is 7.52. The Morgan fingerprint density at radius 1 is 1.13 bits per heavy atom. The minimum absolute atomic E-state index is 0.115. The van der Waals surface area contributed by atoms with Crippen molar-refractivity contribution in [3.8, 4) is 23.0 Å². The lowest BCUT2D eigenvalue weighted by molar-refractivity contribution is 0.0819. The smallest absolute Gasteiger partial charge is 0.319 e. The van der Waals surface area contributed by atoms with Crippen molar-refractivity contribution in [3.05, 3.63) is 47.6 Å². The molecule has 206 valence electrons. The van der Waals surface area contributed by atoms with E-state index in [1.54, 1.807) is 49.7 Å². The van der Waals surface area contributed by atoms with Gasteiger partial charge in [-0.1, -0.05) is 32.4 Å². The summed E-state index contributed by atoms with van der Waals surface area (Å²) < 4.78 is 17.5. The molecule has 0 radical (unpaired) electrons. The van der Waals surface area contributed by atoms with Crippen LogP contribution < -0.4 is 24.8 Å². The number of carbonyl (C=O) groups is 1. The molecule has 3 aromatic rings. The number of aliphatic hydroxyl groups is 1. The number of fused-ring (bicyclic) bond motifs is 1. The Morgan fingerprint density at radius 2 is 1.89 bits per heavy atom. The first-order valence-electron chi connectivity index (χ1n) is 12.4. The van der Waals surface area contributed by atoms with Crippen molar-refractivity contribution >= 4 is 34.2 Å². The molecule has 2 amide bonds. The summed E-state index contributed by atoms with van der Waals surface area (Å²) in [7, 11) is 5.31. The van der Waals surface area contributed by atoms with Crippen LogP contribution in [0.2, 0.25) is 5.02 Å². The lowest BCUT2D eigenvalue weighted by Crippen LogP contribution is -2.31. The van der Waals surface area contributed by atoms with E-state index in [0.29, 0.717) is 57.7 Å². The maximum atomic E-state index is 12.2. The van der Waals surface area contributed by atoms with Crippen molar-refractivity contribution in [2.45, 2.75) is 33.3 Å². The molecule has 0 aliphatic heterocycles. The number of anilines is 1. The standard InChI is InChI=1S/C28H37ClN4O5/c1-28(2,3)10-12-31-27(35)32-22-8-7-19(13-21(22)29)38-24-9-11-30-23-15-26(25(36-6)14-20(23)24)37-17-18(34)16-33(4)5/h7-9,11,13-15,18,34H,10,12,16-17H2,1-6H3,(H2,31,32,35). The van der Waals surface area contributed by atoms with Gasteiger partial charge in [0.2, 0.25) is 0 Å². The fourth-order valence-electron chi connectivity index (χ4n) is 3.66. The molecule has 0 aliphatic rings. The number of likely N-dealkylation sites (N-methyl/N-ethyl adjacent to an activating group) is 1. The number of halogens is 1. The Kier molecular flexibility index (Phi) is 10.0. The van der Waals surface area contributed by atoms with Crippen LogP contribution in [0.1, 0.15) is 27.2 Å². The third-order valence-corrected chi connectivity index (χ3v) is 5.88. The molecule has 1 aromatic heterocycles. The van der Waals surface area contributed by atoms with Gasteiger partial charge >= 0.3 is 6.03 Å². The Bertz CT molecular complexity index is 1250. The van der Waals surface area contributed by atoms with E-state index in [4.69, 9.17) is 25.8 Å². The van der Waals surface area contributed by atoms with Gasteiger partial charge in [0.25, 0.3) is 0 Å². The first-order valence-corrected chi connectivity index (χ1v) is 12.8. The molecule has 0 aliphatic carbocycles. The average Bonchev–Trinajstić information content (AvgIpc) is 2.83. The van der Waals surface area contributed by atoms with E-state index < -0.39 is 6.10 Å². The number of nitrogens with one attached hydrogen (secondary N) is 2. The third-order valence-electron chi connectivity index (χ3n) is 5.57. The molecule has 0 saturated carbocycles. The van der Waals surface area contributed by atoms with Gasteiger partial charge in [-0.05, 0) is 50.2 Å². The lowest BCUT2D eigenvalue weighted by atomic mass is 9.92. The molecule has 38 heavy (non-hydrogen) atoms. The van der Waals surface area contributed by atoms with Crippen LogP contribution in [0, 0.1) is 5.41 Å². The van der Waals surface area contributed by atoms with Crippen LogP contribution in [0.3, 0.4) is 0 Å². The van der Waals surface area contributed by atoms with Crippen molar-refractivity contribution in [2.75, 3.05) is 46.2 Å². The monoisotopic (exact) mass is 544 g/mol. The molecular weight excluding hydrogens is 508 g/mol. The largest absolute Gasteiger partial charge is 0.493 e. The number of urea groups is 1. The van der Waals surface area contributed by atoms with E-state index in [1.165, 1.54) is 0 Å². The number of aliphatic hydroxyl groups excluding tert-OH is 1. The number of methoxy groups -OCH3 is 1. The predicted octanol–water partition coefficient (Wildman–Crippen LogP) is 5.55. The number of ether oxygens (including phenoxy) is 3. The van der Waals surface area contributed by atoms with Gasteiger partial charge in [-0.25, -0.2) is 4.79 Å². The van der Waals surface area contributed by atoms with Gasteiger partial charge in [-0.15, -0.1) is 0 Å². The van der Waals surface area contributed by atoms with Gasteiger partial charge in [0.1, 0.15) is 24.2 Å². The SMILES string of the molecule is COc1cc2c(Oc3ccc(NC(=O)NCCC(C)(C)C)c(Cl)c3)ccnc2cc1OCC(O)CN(C)C. The summed E-state index contributed by atoms with van der Waals surface area (Å²) >= 11 is 6.43. The minimum atomic E-state index is -0.648. The predicted molar refractivity (Wildman–Crippen MR) is 151 cm³/mol. The highest BCUT2D eigenvalue weighted by Crippen LogP contribution is 2.38. The molecule has 0 saturated heterocycles. The molecule has 0 bridgehead atoms. The number of nitrogens with zero attached hydrogens (tertiary/aromatic N) is 2. The van der Waals surface area contributed by atoms with Gasteiger partial charge in [-0.3, -0.25) is 4.98 Å². The highest BCUT2D eigenvalue weighted by atomic mass is 35.5. The summed E-state index contributed by atoms with van der Waals surface area (Å²) in [5.74, 6) is 2.00. The zero-order chi connectivity index (χ0) is 27.9. The number of hydrogen-bond donors (Lipinski definition) is 3. The molecule has 3 rings (SSSR count). The van der Waals surface area contributed by atoms with Gasteiger partial charge < -0.3 is 34.9 Å². The second-order valence-electron chi connectivity index (χ2n) is 10.5. The van der Waals surface area contributed by atoms with Crippen molar-refractivity contribution in [1.29, 1.82) is 0 Å². The van der Waals surface area contributed by atoms with Crippen molar-refractivity contribution in [1.82, 2.24) is 15.2 Å². The normalized spacial score (nSPS) is 12.3. The van der Waals surface area contributed by atoms with E-state index >= 15 is 0 Å². The number of hydrogen-bond acceptors (Lipinski definition) is 7. The van der Waals surface area contributed by atoms with Crippen molar-refractivity contribution in [3.63, 3.8) is 0 Å². The molecule has 0 spiro atoms. The molecule has 10 heteroatoms. The molecule has 3 N–H and O–H groups in total. The number of benzene rings is 2. The van der Waals surface area contributed by atoms with E-state index in [1.807, 2.05) is 19.0 Å². The average molecular weight is 545 g/mol. The zero-order valence-corrected chi connectivity index (χ0v) is 23.6. The highest BCUT2D eigenvalue weighted by Gasteiger charge is 2.15. The Balaban J connectivity index is 1.73. The van der Waals surface area contributed by atoms with Gasteiger partial charge in [0.15, 0.2) is 11.5 Å². The lowest BCUT2D eigenvalue weighted by Gasteiger charge is -2.18. The number of carbonyl (C=O) groups excluding carboxylic acids is 1. The summed E-state index contributed by atoms with van der Waals surface area (Å²) in [5.41, 5.74) is 1.25. The molecule has 0 fully saturated rings. The minimum Gasteiger partial charge on any atom is -0.493 e. The molecule has 1 atom stereocenters. The van der Waals surface area contributed by atoms with Crippen LogP contribution in [0.4, 0.5) is 10.5 Å². The van der Waals surface area contributed by atoms with Crippen LogP contribution in [-0.2, 0) is 0 Å². The van der Waals surface area contributed by atoms with E-state index in [9.17, 15) is 9.90 Å². The summed E-state index contributed by atoms with van der Waals surface area (Å²) in [6, 6.07) is 10.0. The molecule has 1 unspecified atom stereocenters. The fraction of sp³-hybridized carbons (Fsp3) is 0.429. The maximum absolute atomic E-state index is 12.2. The van der Waals surface area contributed by atoms with Gasteiger partial charge in [0, 0.05) is 36.8 Å². The molecule has 9 nitrogen and oxygen atoms in total. The quantitative estimate of drug-likeness (QED) is 0.291. The molecular formula is C28H37ClN4O5. The Hall–Kier alpha value is -3.27. The summed E-state index contributed by atoms with van der Waals surface area (Å²) in [4.78, 5) is 18.6. The van der Waals surface area contributed by atoms with Crippen LogP contribution >= 0.6 is 11.6 Å². The topological polar surface area (TPSA) is 105 Å². The number of pyridine rings is 1. The summed E-state index contributed by atoms with van der Waals surface area (Å²) in [5, 5.41) is 16.8. The first kappa shape index (κ1) is 29.3. The number of rotatable bonds is 11. The van der Waals surface area contributed by atoms with Gasteiger partial charge in [0.05, 0.1) is 23.3 Å². The highest BCUT2D eigenvalue weighted by molar-refractivity contribution is 6.33. The number of amides is 2. The van der Waals surface area contributed by atoms with Crippen LogP contribution in [-0.4, -0.2) is 68.0 Å². The van der Waals surface area contributed by atoms with Crippen LogP contribution in [0.5, 0.6) is 23.0 Å². The molecule has 1 heterocycles. The Labute approximate surface area is 229 Å². The van der Waals surface area contributed by atoms with Crippen LogP contribution in [0.15, 0.2) is 42.6 Å². The third kappa shape index (κ3) is 8.65. The van der Waals surface area contributed by atoms with Crippen molar-refractivity contribution < 1.29 is 24.1 Å². The number of aromatic nitrogens is 1. The van der Waals surface area contributed by atoms with E-state index in [0.717, 1.165) is 6.42 Å². The van der Waals surface area contributed by atoms with E-state index in [2.05, 4.69) is 36.4 Å². The Morgan fingerprint density at radius 3 is 2.55 bits per heavy atom. The maximum Gasteiger partial charge on any atom is 0.319 e. The summed E-state index contributed by atoms with van der Waals surface area (Å²) in [6.07, 6.45) is 1.84. The van der Waals surface area contributed by atoms with E-state index in [-0.39, 0.29) is 18.1 Å². The van der Waals surface area contributed by atoms with Crippen molar-refractivity contribution in [2.24, 2.45) is 5.41 Å².